The third-order valence-corrected chi connectivity index (χ3v) is 6.11. The van der Waals surface area contributed by atoms with Crippen molar-refractivity contribution >= 4 is 0 Å². The van der Waals surface area contributed by atoms with Gasteiger partial charge >= 0.3 is 0 Å². The first-order valence-corrected chi connectivity index (χ1v) is 8.99. The maximum Gasteiger partial charge on any atom is 0.115 e. The predicted octanol–water partition coefficient (Wildman–Crippen LogP) is 2.30. The molecule has 23 heavy (non-hydrogen) atoms. The molecular formula is C19H27NO3. The molecule has 4 nitrogen and oxygen atoms in total. The van der Waals surface area contributed by atoms with Crippen LogP contribution in [-0.4, -0.2) is 45.5 Å². The number of β-amino-alcohol motifs (C(OH)–C–C–N with tert-alkyl or cyclic N) is 1. The van der Waals surface area contributed by atoms with Gasteiger partial charge in [-0.3, -0.25) is 4.90 Å². The monoisotopic (exact) mass is 317 g/mol. The van der Waals surface area contributed by atoms with Gasteiger partial charge in [-0.1, -0.05) is 25.0 Å². The molecule has 1 aliphatic heterocycles. The topological polar surface area (TPSA) is 63.9 Å². The third kappa shape index (κ3) is 3.25. The molecule has 0 radical (unpaired) electrons. The molecular weight excluding hydrogens is 290 g/mol. The molecule has 1 aromatic rings. The number of likely N-dealkylation sites (tertiary alicyclic amines) is 1. The molecule has 3 N–H and O–H groups in total. The van der Waals surface area contributed by atoms with Gasteiger partial charge in [0.15, 0.2) is 0 Å². The number of hydrogen-bond acceptors (Lipinski definition) is 4. The van der Waals surface area contributed by atoms with Crippen LogP contribution in [0.4, 0.5) is 0 Å². The Labute approximate surface area is 137 Å². The van der Waals surface area contributed by atoms with E-state index in [1.165, 1.54) is 19.3 Å². The van der Waals surface area contributed by atoms with Gasteiger partial charge in [-0.05, 0) is 54.7 Å². The van der Waals surface area contributed by atoms with E-state index in [1.54, 1.807) is 24.3 Å². The van der Waals surface area contributed by atoms with E-state index in [9.17, 15) is 15.3 Å². The van der Waals surface area contributed by atoms with Crippen LogP contribution in [0.3, 0.4) is 0 Å². The van der Waals surface area contributed by atoms with Crippen molar-refractivity contribution in [2.24, 2.45) is 17.8 Å². The van der Waals surface area contributed by atoms with Gasteiger partial charge in [0.05, 0.1) is 12.2 Å². The summed E-state index contributed by atoms with van der Waals surface area (Å²) in [6.45, 7) is 1.67. The molecule has 1 aromatic carbocycles. The fraction of sp³-hybridized carbons (Fsp3) is 0.684. The summed E-state index contributed by atoms with van der Waals surface area (Å²) in [6, 6.07) is 7.40. The molecule has 3 aliphatic rings. The van der Waals surface area contributed by atoms with E-state index in [2.05, 4.69) is 4.90 Å². The Morgan fingerprint density at radius 1 is 1.13 bits per heavy atom. The number of fused-ring (bicyclic) bond motifs is 1. The maximum absolute atomic E-state index is 10.6. The molecule has 0 aromatic heterocycles. The van der Waals surface area contributed by atoms with E-state index in [0.29, 0.717) is 24.4 Å². The Morgan fingerprint density at radius 3 is 2.57 bits per heavy atom. The Bertz CT molecular complexity index is 542. The Kier molecular flexibility index (Phi) is 4.08. The number of nitrogens with zero attached hydrogens (tertiary/aromatic N) is 1. The largest absolute Gasteiger partial charge is 0.508 e. The summed E-state index contributed by atoms with van der Waals surface area (Å²) in [6.07, 6.45) is 5.18. The number of aliphatic hydroxyl groups is 2. The van der Waals surface area contributed by atoms with Gasteiger partial charge in [-0.25, -0.2) is 0 Å². The predicted molar refractivity (Wildman–Crippen MR) is 88.0 cm³/mol. The van der Waals surface area contributed by atoms with Crippen molar-refractivity contribution in [2.75, 3.05) is 13.1 Å². The van der Waals surface area contributed by atoms with Gasteiger partial charge in [0.2, 0.25) is 0 Å². The Morgan fingerprint density at radius 2 is 1.87 bits per heavy atom. The van der Waals surface area contributed by atoms with Crippen LogP contribution in [0, 0.1) is 17.8 Å². The van der Waals surface area contributed by atoms with E-state index in [0.717, 1.165) is 30.9 Å². The minimum atomic E-state index is -0.513. The summed E-state index contributed by atoms with van der Waals surface area (Å²) in [5.74, 6) is 2.31. The molecule has 1 heterocycles. The lowest BCUT2D eigenvalue weighted by atomic mass is 9.90. The van der Waals surface area contributed by atoms with Gasteiger partial charge in [0, 0.05) is 19.1 Å². The van der Waals surface area contributed by atoms with Crippen molar-refractivity contribution in [3.8, 4) is 5.75 Å². The summed E-state index contributed by atoms with van der Waals surface area (Å²) in [5.41, 5.74) is 0.866. The number of aromatic hydroxyl groups is 1. The SMILES string of the molecule is Oc1ccc(C(O)CN2CC3CC(O)CC3C2CC2CC2)cc1. The second-order valence-electron chi connectivity index (χ2n) is 7.86. The van der Waals surface area contributed by atoms with Gasteiger partial charge in [-0.15, -0.1) is 0 Å². The summed E-state index contributed by atoms with van der Waals surface area (Å²) < 4.78 is 0. The molecule has 2 saturated carbocycles. The molecule has 2 aliphatic carbocycles. The number of benzene rings is 1. The second-order valence-corrected chi connectivity index (χ2v) is 7.86. The van der Waals surface area contributed by atoms with Crippen LogP contribution in [0.2, 0.25) is 0 Å². The molecule has 0 bridgehead atoms. The first-order chi connectivity index (χ1) is 11.1. The fourth-order valence-electron chi connectivity index (χ4n) is 4.77. The average Bonchev–Trinajstić information content (AvgIpc) is 3.20. The highest BCUT2D eigenvalue weighted by atomic mass is 16.3. The fourth-order valence-corrected chi connectivity index (χ4v) is 4.77. The maximum atomic E-state index is 10.6. The quantitative estimate of drug-likeness (QED) is 0.780. The normalized spacial score (nSPS) is 35.4. The molecule has 4 rings (SSSR count). The number of aliphatic hydroxyl groups excluding tert-OH is 2. The minimum absolute atomic E-state index is 0.115. The second kappa shape index (κ2) is 6.08. The van der Waals surface area contributed by atoms with Crippen LogP contribution in [-0.2, 0) is 0 Å². The molecule has 126 valence electrons. The zero-order valence-corrected chi connectivity index (χ0v) is 13.5. The Balaban J connectivity index is 1.45. The molecule has 4 heteroatoms. The standard InChI is InChI=1S/C19H27NO3/c21-15-5-3-13(4-6-15)19(23)11-20-10-14-8-16(22)9-17(14)18(20)7-12-1-2-12/h3-6,12,14,16-19,21-23H,1-2,7-11H2. The van der Waals surface area contributed by atoms with E-state index >= 15 is 0 Å². The molecule has 0 amide bonds. The highest BCUT2D eigenvalue weighted by Gasteiger charge is 2.48. The lowest BCUT2D eigenvalue weighted by Gasteiger charge is -2.30. The van der Waals surface area contributed by atoms with Gasteiger partial charge in [0.1, 0.15) is 5.75 Å². The zero-order chi connectivity index (χ0) is 16.0. The smallest absolute Gasteiger partial charge is 0.115 e. The van der Waals surface area contributed by atoms with Crippen LogP contribution in [0.25, 0.3) is 0 Å². The summed E-state index contributed by atoms with van der Waals surface area (Å²) in [7, 11) is 0. The lowest BCUT2D eigenvalue weighted by Crippen LogP contribution is -2.37. The highest BCUT2D eigenvalue weighted by molar-refractivity contribution is 5.27. The average molecular weight is 317 g/mol. The van der Waals surface area contributed by atoms with Crippen LogP contribution in [0.15, 0.2) is 24.3 Å². The molecule has 0 spiro atoms. The van der Waals surface area contributed by atoms with E-state index in [-0.39, 0.29) is 11.9 Å². The van der Waals surface area contributed by atoms with Crippen molar-refractivity contribution in [3.05, 3.63) is 29.8 Å². The molecule has 1 saturated heterocycles. The van der Waals surface area contributed by atoms with Crippen molar-refractivity contribution < 1.29 is 15.3 Å². The number of hydrogen-bond donors (Lipinski definition) is 3. The van der Waals surface area contributed by atoms with Crippen LogP contribution in [0.1, 0.15) is 43.8 Å². The van der Waals surface area contributed by atoms with Crippen LogP contribution in [0.5, 0.6) is 5.75 Å². The number of rotatable bonds is 5. The van der Waals surface area contributed by atoms with Crippen molar-refractivity contribution in [2.45, 2.75) is 50.4 Å². The van der Waals surface area contributed by atoms with Gasteiger partial charge in [-0.2, -0.15) is 0 Å². The summed E-state index contributed by atoms with van der Waals surface area (Å²) in [4.78, 5) is 2.47. The van der Waals surface area contributed by atoms with Gasteiger partial charge < -0.3 is 15.3 Å². The van der Waals surface area contributed by atoms with Crippen molar-refractivity contribution in [1.29, 1.82) is 0 Å². The summed E-state index contributed by atoms with van der Waals surface area (Å²) in [5, 5.41) is 30.0. The van der Waals surface area contributed by atoms with Crippen LogP contribution >= 0.6 is 0 Å². The number of phenolic OH excluding ortho intramolecular Hbond substituents is 1. The van der Waals surface area contributed by atoms with Crippen molar-refractivity contribution in [3.63, 3.8) is 0 Å². The van der Waals surface area contributed by atoms with Crippen LogP contribution < -0.4 is 0 Å². The van der Waals surface area contributed by atoms with E-state index in [4.69, 9.17) is 0 Å². The Hall–Kier alpha value is -1.10. The van der Waals surface area contributed by atoms with Crippen molar-refractivity contribution in [1.82, 2.24) is 4.90 Å². The number of phenols is 1. The molecule has 5 unspecified atom stereocenters. The van der Waals surface area contributed by atoms with Gasteiger partial charge in [0.25, 0.3) is 0 Å². The summed E-state index contributed by atoms with van der Waals surface area (Å²) >= 11 is 0. The third-order valence-electron chi connectivity index (χ3n) is 6.11. The molecule has 3 fully saturated rings. The van der Waals surface area contributed by atoms with E-state index < -0.39 is 6.10 Å². The minimum Gasteiger partial charge on any atom is -0.508 e. The van der Waals surface area contributed by atoms with E-state index in [1.807, 2.05) is 0 Å². The first-order valence-electron chi connectivity index (χ1n) is 8.99. The molecule has 5 atom stereocenters. The lowest BCUT2D eigenvalue weighted by molar-refractivity contribution is 0.0836. The highest BCUT2D eigenvalue weighted by Crippen LogP contribution is 2.47. The first kappa shape index (κ1) is 15.4. The zero-order valence-electron chi connectivity index (χ0n) is 13.5.